The maximum atomic E-state index is 12.6. The number of nitrogens with zero attached hydrogens (tertiary/aromatic N) is 5. The van der Waals surface area contributed by atoms with E-state index in [1.165, 1.54) is 18.3 Å². The van der Waals surface area contributed by atoms with Gasteiger partial charge in [0.25, 0.3) is 0 Å². The molecule has 13 heteroatoms. The molecule has 1 fully saturated rings. The number of imidazole rings is 1. The van der Waals surface area contributed by atoms with Gasteiger partial charge in [-0.15, -0.1) is 0 Å². The summed E-state index contributed by atoms with van der Waals surface area (Å²) in [5, 5.41) is 10.8. The van der Waals surface area contributed by atoms with Gasteiger partial charge in [0.1, 0.15) is 18.4 Å². The molecule has 0 radical (unpaired) electrons. The maximum absolute atomic E-state index is 12.6. The molecule has 1 aromatic heterocycles. The van der Waals surface area contributed by atoms with Gasteiger partial charge in [-0.25, -0.2) is 4.79 Å². The predicted octanol–water partition coefficient (Wildman–Crippen LogP) is 3.31. The number of benzene rings is 1. The second-order valence-electron chi connectivity index (χ2n) is 8.65. The molecule has 0 saturated carbocycles. The van der Waals surface area contributed by atoms with Gasteiger partial charge in [-0.3, -0.25) is 9.47 Å². The summed E-state index contributed by atoms with van der Waals surface area (Å²) in [4.78, 5) is 30.2. The van der Waals surface area contributed by atoms with E-state index in [1.54, 1.807) is 9.47 Å². The lowest BCUT2D eigenvalue weighted by atomic mass is 10.0. The van der Waals surface area contributed by atoms with Crippen LogP contribution in [0.5, 0.6) is 6.01 Å². The zero-order valence-electron chi connectivity index (χ0n) is 18.5. The number of alkyl halides is 3. The highest BCUT2D eigenvalue weighted by molar-refractivity contribution is 5.67. The second-order valence-corrected chi connectivity index (χ2v) is 8.65. The number of rotatable bonds is 6. The lowest BCUT2D eigenvalue weighted by Gasteiger charge is -2.35. The van der Waals surface area contributed by atoms with E-state index in [4.69, 9.17) is 9.47 Å². The zero-order chi connectivity index (χ0) is 24.5. The largest absolute Gasteiger partial charge is 0.445 e. The average molecular weight is 483 g/mol. The molecule has 4 rings (SSSR count). The van der Waals surface area contributed by atoms with Crippen LogP contribution in [0.15, 0.2) is 30.5 Å². The van der Waals surface area contributed by atoms with Crippen molar-refractivity contribution >= 4 is 11.9 Å². The first kappa shape index (κ1) is 23.8. The fraction of sp³-hybridized carbons (Fsp3) is 0.524. The maximum Gasteiger partial charge on any atom is 0.416 e. The Morgan fingerprint density at radius 1 is 1.24 bits per heavy atom. The topological polar surface area (TPSA) is 103 Å². The predicted molar refractivity (Wildman–Crippen MR) is 112 cm³/mol. The molecule has 0 bridgehead atoms. The number of hydrogen-bond donors (Lipinski definition) is 0. The van der Waals surface area contributed by atoms with Gasteiger partial charge in [0.05, 0.1) is 12.1 Å². The zero-order valence-corrected chi connectivity index (χ0v) is 18.5. The quantitative estimate of drug-likeness (QED) is 0.459. The van der Waals surface area contributed by atoms with E-state index >= 15 is 0 Å². The Balaban J connectivity index is 1.18. The van der Waals surface area contributed by atoms with Crippen molar-refractivity contribution < 1.29 is 32.4 Å². The summed E-state index contributed by atoms with van der Waals surface area (Å²) in [6.45, 7) is 5.25. The molecule has 1 saturated heterocycles. The highest BCUT2D eigenvalue weighted by atomic mass is 19.4. The molecule has 0 aliphatic carbocycles. The van der Waals surface area contributed by atoms with Gasteiger partial charge in [0.2, 0.25) is 0 Å². The number of fused-ring (bicyclic) bond motifs is 1. The molecule has 1 aromatic carbocycles. The molecule has 10 nitrogen and oxygen atoms in total. The molecule has 1 atom stereocenters. The number of carbonyl (C=O) groups excluding carboxylic acids is 1. The lowest BCUT2D eigenvalue weighted by Crippen LogP contribution is -2.50. The molecule has 2 aromatic rings. The molecule has 2 aliphatic rings. The third-order valence-electron chi connectivity index (χ3n) is 5.99. The van der Waals surface area contributed by atoms with Gasteiger partial charge in [-0.2, -0.15) is 13.2 Å². The second kappa shape index (κ2) is 9.12. The van der Waals surface area contributed by atoms with Crippen LogP contribution in [0.1, 0.15) is 24.5 Å². The molecule has 1 amide bonds. The first-order valence-electron chi connectivity index (χ1n) is 10.7. The van der Waals surface area contributed by atoms with Crippen molar-refractivity contribution in [2.45, 2.75) is 38.3 Å². The minimum Gasteiger partial charge on any atom is -0.445 e. The Morgan fingerprint density at radius 2 is 1.91 bits per heavy atom. The summed E-state index contributed by atoms with van der Waals surface area (Å²) in [5.41, 5.74) is -0.786. The van der Waals surface area contributed by atoms with E-state index in [1.807, 2.05) is 6.92 Å². The molecule has 1 unspecified atom stereocenters. The van der Waals surface area contributed by atoms with E-state index in [9.17, 15) is 28.1 Å². The molecule has 3 heterocycles. The van der Waals surface area contributed by atoms with E-state index in [-0.39, 0.29) is 18.4 Å². The Morgan fingerprint density at radius 3 is 2.50 bits per heavy atom. The van der Waals surface area contributed by atoms with Crippen molar-refractivity contribution in [3.8, 4) is 6.01 Å². The molecule has 34 heavy (non-hydrogen) atoms. The summed E-state index contributed by atoms with van der Waals surface area (Å²) in [6, 6.07) is 4.76. The first-order chi connectivity index (χ1) is 16.0. The summed E-state index contributed by atoms with van der Waals surface area (Å²) in [5.74, 6) is -0.238. The van der Waals surface area contributed by atoms with E-state index in [0.29, 0.717) is 44.7 Å². The third kappa shape index (κ3) is 5.41. The third-order valence-corrected chi connectivity index (χ3v) is 5.99. The number of hydrogen-bond acceptors (Lipinski definition) is 7. The number of nitro groups is 1. The van der Waals surface area contributed by atoms with Crippen LogP contribution in [0.2, 0.25) is 0 Å². The number of amides is 1. The number of piperazine rings is 1. The van der Waals surface area contributed by atoms with E-state index in [0.717, 1.165) is 18.7 Å². The number of carbonyl (C=O) groups is 1. The van der Waals surface area contributed by atoms with Crippen molar-refractivity contribution in [3.63, 3.8) is 0 Å². The lowest BCUT2D eigenvalue weighted by molar-refractivity contribution is -0.389. The van der Waals surface area contributed by atoms with Crippen LogP contribution in [-0.4, -0.2) is 68.7 Å². The van der Waals surface area contributed by atoms with Crippen LogP contribution in [0, 0.1) is 10.1 Å². The number of aromatic nitrogens is 2. The molecule has 0 N–H and O–H groups in total. The highest BCUT2D eigenvalue weighted by Gasteiger charge is 2.40. The van der Waals surface area contributed by atoms with Crippen LogP contribution in [0.4, 0.5) is 23.8 Å². The van der Waals surface area contributed by atoms with E-state index < -0.39 is 28.4 Å². The summed E-state index contributed by atoms with van der Waals surface area (Å²) >= 11 is 0. The minimum absolute atomic E-state index is 0.0973. The summed E-state index contributed by atoms with van der Waals surface area (Å²) < 4.78 is 50.6. The fourth-order valence-electron chi connectivity index (χ4n) is 3.99. The standard InChI is InChI=1S/C21H24F3N5O5/c1-20(14-28-12-17(29(31)32)25-18(28)34-20)6-7-26-8-10-27(11-9-26)19(30)33-13-15-2-4-16(5-3-15)21(22,23)24/h2-5,12H,6-11,13-14H2,1H3. The van der Waals surface area contributed by atoms with Crippen molar-refractivity contribution in [2.24, 2.45) is 0 Å². The number of halogens is 3. The molecular formula is C21H24F3N5O5. The smallest absolute Gasteiger partial charge is 0.416 e. The van der Waals surface area contributed by atoms with Crippen LogP contribution in [0.3, 0.4) is 0 Å². The van der Waals surface area contributed by atoms with Crippen LogP contribution >= 0.6 is 0 Å². The average Bonchev–Trinajstić information content (AvgIpc) is 3.32. The van der Waals surface area contributed by atoms with Gasteiger partial charge in [-0.05, 0) is 29.5 Å². The molecule has 184 valence electrons. The van der Waals surface area contributed by atoms with Crippen molar-refractivity contribution in [2.75, 3.05) is 32.7 Å². The highest BCUT2D eigenvalue weighted by Crippen LogP contribution is 2.33. The van der Waals surface area contributed by atoms with Gasteiger partial charge in [0.15, 0.2) is 0 Å². The number of ether oxygens (including phenoxy) is 2. The monoisotopic (exact) mass is 483 g/mol. The van der Waals surface area contributed by atoms with Crippen LogP contribution in [-0.2, 0) is 24.1 Å². The SMILES string of the molecule is CC1(CCN2CCN(C(=O)OCc3ccc(C(F)(F)F)cc3)CC2)Cn2cc([N+](=O)[O-])nc2O1. The summed E-state index contributed by atoms with van der Waals surface area (Å²) in [6.07, 6.45) is -2.85. The van der Waals surface area contributed by atoms with Gasteiger partial charge in [0, 0.05) is 44.1 Å². The molecule has 2 aliphatic heterocycles. The first-order valence-corrected chi connectivity index (χ1v) is 10.7. The van der Waals surface area contributed by atoms with Crippen LogP contribution < -0.4 is 4.74 Å². The molecular weight excluding hydrogens is 459 g/mol. The Hall–Kier alpha value is -3.35. The van der Waals surface area contributed by atoms with Gasteiger partial charge < -0.3 is 24.5 Å². The molecule has 0 spiro atoms. The minimum atomic E-state index is -4.40. The van der Waals surface area contributed by atoms with Crippen molar-refractivity contribution in [1.29, 1.82) is 0 Å². The van der Waals surface area contributed by atoms with Crippen molar-refractivity contribution in [3.05, 3.63) is 51.7 Å². The van der Waals surface area contributed by atoms with Gasteiger partial charge in [-0.1, -0.05) is 12.1 Å². The van der Waals surface area contributed by atoms with E-state index in [2.05, 4.69) is 9.88 Å². The van der Waals surface area contributed by atoms with Crippen LogP contribution in [0.25, 0.3) is 0 Å². The fourth-order valence-corrected chi connectivity index (χ4v) is 3.99. The Kier molecular flexibility index (Phi) is 6.39. The Labute approximate surface area is 193 Å². The van der Waals surface area contributed by atoms with Crippen molar-refractivity contribution in [1.82, 2.24) is 19.4 Å². The normalized spacial score (nSPS) is 20.6. The summed E-state index contributed by atoms with van der Waals surface area (Å²) in [7, 11) is 0. The van der Waals surface area contributed by atoms with Gasteiger partial charge >= 0.3 is 24.1 Å². The Bertz CT molecular complexity index is 1020.